The van der Waals surface area contributed by atoms with E-state index in [2.05, 4.69) is 15.6 Å². The van der Waals surface area contributed by atoms with Crippen LogP contribution in [-0.4, -0.2) is 41.3 Å². The van der Waals surface area contributed by atoms with E-state index in [1.807, 2.05) is 0 Å². The van der Waals surface area contributed by atoms with Gasteiger partial charge in [0, 0.05) is 26.2 Å². The number of nitrogens with zero attached hydrogens (tertiary/aromatic N) is 2. The molecule has 2 N–H and O–H groups in total. The first kappa shape index (κ1) is 16.7. The normalized spacial score (nSPS) is 18.0. The van der Waals surface area contributed by atoms with Crippen molar-refractivity contribution in [2.45, 2.75) is 12.5 Å². The average Bonchev–Trinajstić information content (AvgIpc) is 2.75. The Morgan fingerprint density at radius 2 is 2.41 bits per heavy atom. The molecule has 1 aromatic heterocycles. The molecule has 1 fully saturated rings. The van der Waals surface area contributed by atoms with Crippen molar-refractivity contribution in [2.24, 2.45) is 7.05 Å². The highest BCUT2D eigenvalue weighted by Crippen LogP contribution is 2.19. The van der Waals surface area contributed by atoms with Crippen molar-refractivity contribution >= 4 is 35.3 Å². The smallest absolute Gasteiger partial charge is 0.229 e. The van der Waals surface area contributed by atoms with Crippen LogP contribution in [0.15, 0.2) is 18.2 Å². The number of rotatable bonds is 3. The number of imidazole rings is 1. The van der Waals surface area contributed by atoms with Crippen molar-refractivity contribution in [1.82, 2.24) is 14.9 Å². The Balaban J connectivity index is 0.00000176. The largest absolute Gasteiger partial charge is 0.375 e. The molecule has 1 atom stereocenters. The molecule has 22 heavy (non-hydrogen) atoms. The lowest BCUT2D eigenvalue weighted by Crippen LogP contribution is -2.40. The molecule has 0 bridgehead atoms. The van der Waals surface area contributed by atoms with Gasteiger partial charge in [0.05, 0.1) is 30.2 Å². The van der Waals surface area contributed by atoms with Crippen molar-refractivity contribution in [3.63, 3.8) is 0 Å². The Labute approximate surface area is 133 Å². The van der Waals surface area contributed by atoms with Crippen LogP contribution in [0, 0.1) is 5.82 Å². The molecule has 1 aromatic carbocycles. The third-order valence-corrected chi connectivity index (χ3v) is 3.51. The van der Waals surface area contributed by atoms with E-state index in [9.17, 15) is 9.18 Å². The van der Waals surface area contributed by atoms with Gasteiger partial charge in [-0.05, 0) is 12.1 Å². The summed E-state index contributed by atoms with van der Waals surface area (Å²) in [6, 6.07) is 4.36. The summed E-state index contributed by atoms with van der Waals surface area (Å²) in [6.07, 6.45) is 0.149. The summed E-state index contributed by atoms with van der Waals surface area (Å²) < 4.78 is 20.4. The van der Waals surface area contributed by atoms with Crippen LogP contribution < -0.4 is 10.6 Å². The van der Waals surface area contributed by atoms with Crippen molar-refractivity contribution in [3.8, 4) is 0 Å². The van der Waals surface area contributed by atoms with Gasteiger partial charge in [-0.1, -0.05) is 0 Å². The van der Waals surface area contributed by atoms with E-state index in [-0.39, 0.29) is 36.7 Å². The second kappa shape index (κ2) is 7.04. The first-order valence-electron chi connectivity index (χ1n) is 6.87. The molecule has 2 aromatic rings. The van der Waals surface area contributed by atoms with Gasteiger partial charge in [0.1, 0.15) is 5.82 Å². The maximum Gasteiger partial charge on any atom is 0.229 e. The second-order valence-corrected chi connectivity index (χ2v) is 5.08. The van der Waals surface area contributed by atoms with Gasteiger partial charge in [-0.3, -0.25) is 10.1 Å². The fraction of sp³-hybridized carbons (Fsp3) is 0.429. The molecule has 1 aliphatic heterocycles. The van der Waals surface area contributed by atoms with E-state index in [0.29, 0.717) is 24.6 Å². The molecule has 6 nitrogen and oxygen atoms in total. The molecule has 3 rings (SSSR count). The van der Waals surface area contributed by atoms with Crippen LogP contribution in [0.25, 0.3) is 11.0 Å². The monoisotopic (exact) mass is 328 g/mol. The lowest BCUT2D eigenvalue weighted by atomic mass is 10.2. The first-order valence-corrected chi connectivity index (χ1v) is 6.87. The molecule has 0 saturated carbocycles. The molecular formula is C14H18ClFN4O2. The summed E-state index contributed by atoms with van der Waals surface area (Å²) in [4.78, 5) is 16.3. The number of ether oxygens (including phenoxy) is 1. The zero-order chi connectivity index (χ0) is 14.8. The SMILES string of the molecule is Cl.Cn1c(NC(=O)CC2CNCCO2)nc2cc(F)ccc21. The van der Waals surface area contributed by atoms with Gasteiger partial charge in [0.15, 0.2) is 0 Å². The summed E-state index contributed by atoms with van der Waals surface area (Å²) in [6.45, 7) is 2.10. The summed E-state index contributed by atoms with van der Waals surface area (Å²) in [5, 5.41) is 5.92. The molecule has 1 unspecified atom stereocenters. The van der Waals surface area contributed by atoms with E-state index in [0.717, 1.165) is 12.1 Å². The van der Waals surface area contributed by atoms with Crippen LogP contribution in [0.3, 0.4) is 0 Å². The number of nitrogens with one attached hydrogen (secondary N) is 2. The topological polar surface area (TPSA) is 68.2 Å². The van der Waals surface area contributed by atoms with Gasteiger partial charge in [-0.25, -0.2) is 9.37 Å². The van der Waals surface area contributed by atoms with Gasteiger partial charge >= 0.3 is 0 Å². The molecule has 0 radical (unpaired) electrons. The zero-order valence-corrected chi connectivity index (χ0v) is 13.0. The number of amides is 1. The molecule has 120 valence electrons. The standard InChI is InChI=1S/C14H17FN4O2.ClH/c1-19-12-3-2-9(15)6-11(12)17-14(19)18-13(20)7-10-8-16-4-5-21-10;/h2-3,6,10,16H,4-5,7-8H2,1H3,(H,17,18,20);1H. The van der Waals surface area contributed by atoms with Crippen LogP contribution in [0.2, 0.25) is 0 Å². The predicted octanol–water partition coefficient (Wildman–Crippen LogP) is 1.45. The van der Waals surface area contributed by atoms with Crippen LogP contribution in [0.5, 0.6) is 0 Å². The number of hydrogen-bond donors (Lipinski definition) is 2. The lowest BCUT2D eigenvalue weighted by molar-refractivity contribution is -0.119. The van der Waals surface area contributed by atoms with Gasteiger partial charge < -0.3 is 14.6 Å². The van der Waals surface area contributed by atoms with Crippen molar-refractivity contribution in [1.29, 1.82) is 0 Å². The number of fused-ring (bicyclic) bond motifs is 1. The number of morpholine rings is 1. The van der Waals surface area contributed by atoms with Crippen LogP contribution in [0.4, 0.5) is 10.3 Å². The van der Waals surface area contributed by atoms with Crippen molar-refractivity contribution < 1.29 is 13.9 Å². The van der Waals surface area contributed by atoms with Gasteiger partial charge in [0.25, 0.3) is 0 Å². The van der Waals surface area contributed by atoms with E-state index in [1.54, 1.807) is 17.7 Å². The highest BCUT2D eigenvalue weighted by Gasteiger charge is 2.19. The highest BCUT2D eigenvalue weighted by molar-refractivity contribution is 5.91. The quantitative estimate of drug-likeness (QED) is 0.895. The molecule has 0 spiro atoms. The Hall–Kier alpha value is -1.70. The van der Waals surface area contributed by atoms with Crippen LogP contribution >= 0.6 is 12.4 Å². The summed E-state index contributed by atoms with van der Waals surface area (Å²) in [5.74, 6) is -0.105. The Morgan fingerprint density at radius 1 is 1.59 bits per heavy atom. The average molecular weight is 329 g/mol. The molecular weight excluding hydrogens is 311 g/mol. The fourth-order valence-electron chi connectivity index (χ4n) is 2.42. The molecule has 1 aliphatic rings. The number of aromatic nitrogens is 2. The molecule has 1 saturated heterocycles. The molecule has 1 amide bonds. The zero-order valence-electron chi connectivity index (χ0n) is 12.1. The maximum absolute atomic E-state index is 13.2. The van der Waals surface area contributed by atoms with Crippen LogP contribution in [-0.2, 0) is 16.6 Å². The number of benzene rings is 1. The van der Waals surface area contributed by atoms with E-state index in [4.69, 9.17) is 4.74 Å². The predicted molar refractivity (Wildman–Crippen MR) is 83.8 cm³/mol. The van der Waals surface area contributed by atoms with E-state index >= 15 is 0 Å². The summed E-state index contributed by atoms with van der Waals surface area (Å²) in [7, 11) is 1.78. The molecule has 8 heteroatoms. The third-order valence-electron chi connectivity index (χ3n) is 3.51. The Morgan fingerprint density at radius 3 is 3.14 bits per heavy atom. The van der Waals surface area contributed by atoms with Gasteiger partial charge in [-0.15, -0.1) is 12.4 Å². The minimum absolute atomic E-state index is 0. The maximum atomic E-state index is 13.2. The van der Waals surface area contributed by atoms with E-state index in [1.165, 1.54) is 12.1 Å². The lowest BCUT2D eigenvalue weighted by Gasteiger charge is -2.22. The first-order chi connectivity index (χ1) is 10.1. The highest BCUT2D eigenvalue weighted by atomic mass is 35.5. The molecule has 2 heterocycles. The fourth-order valence-corrected chi connectivity index (χ4v) is 2.42. The van der Waals surface area contributed by atoms with E-state index < -0.39 is 0 Å². The molecule has 0 aliphatic carbocycles. The Kier molecular flexibility index (Phi) is 5.33. The second-order valence-electron chi connectivity index (χ2n) is 5.08. The number of carbonyl (C=O) groups excluding carboxylic acids is 1. The number of anilines is 1. The minimum atomic E-state index is -0.347. The summed E-state index contributed by atoms with van der Waals surface area (Å²) >= 11 is 0. The Bertz CT molecular complexity index is 670. The van der Waals surface area contributed by atoms with Gasteiger partial charge in [0.2, 0.25) is 11.9 Å². The van der Waals surface area contributed by atoms with Gasteiger partial charge in [-0.2, -0.15) is 0 Å². The van der Waals surface area contributed by atoms with Crippen LogP contribution in [0.1, 0.15) is 6.42 Å². The number of halogens is 2. The third kappa shape index (κ3) is 3.55. The number of hydrogen-bond acceptors (Lipinski definition) is 4. The van der Waals surface area contributed by atoms with Crippen molar-refractivity contribution in [3.05, 3.63) is 24.0 Å². The number of aryl methyl sites for hydroxylation is 1. The van der Waals surface area contributed by atoms with Crippen molar-refractivity contribution in [2.75, 3.05) is 25.0 Å². The number of carbonyl (C=O) groups is 1. The minimum Gasteiger partial charge on any atom is -0.375 e. The summed E-state index contributed by atoms with van der Waals surface area (Å²) in [5.41, 5.74) is 1.28.